The number of pyridine rings is 1. The molecule has 1 aromatic heterocycles. The number of aliphatic carboxylic acids is 1. The van der Waals surface area contributed by atoms with Crippen molar-refractivity contribution in [1.29, 1.82) is 0 Å². The van der Waals surface area contributed by atoms with Crippen LogP contribution in [0.3, 0.4) is 0 Å². The summed E-state index contributed by atoms with van der Waals surface area (Å²) >= 11 is 1.76. The molecule has 1 unspecified atom stereocenters. The Hall–Kier alpha value is -1.07. The minimum Gasteiger partial charge on any atom is -0.480 e. The maximum Gasteiger partial charge on any atom is 0.325 e. The Bertz CT molecular complexity index is 381. The van der Waals surface area contributed by atoms with Gasteiger partial charge in [-0.1, -0.05) is 0 Å². The van der Waals surface area contributed by atoms with Crippen molar-refractivity contribution < 1.29 is 9.90 Å². The second-order valence-corrected chi connectivity index (χ2v) is 4.16. The Labute approximate surface area is 85.5 Å². The first-order valence-corrected chi connectivity index (χ1v) is 5.37. The zero-order chi connectivity index (χ0) is 10.1. The van der Waals surface area contributed by atoms with Crippen molar-refractivity contribution in [2.45, 2.75) is 17.5 Å². The van der Waals surface area contributed by atoms with E-state index in [0.29, 0.717) is 5.56 Å². The molecule has 4 nitrogen and oxygen atoms in total. The second kappa shape index (κ2) is 3.59. The van der Waals surface area contributed by atoms with E-state index in [0.717, 1.165) is 22.6 Å². The van der Waals surface area contributed by atoms with Gasteiger partial charge in [-0.3, -0.25) is 9.78 Å². The van der Waals surface area contributed by atoms with E-state index < -0.39 is 12.0 Å². The Balaban J connectivity index is 2.44. The number of carbonyl (C=O) groups is 1. The summed E-state index contributed by atoms with van der Waals surface area (Å²) < 4.78 is 0. The normalized spacial score (nSPS) is 16.4. The van der Waals surface area contributed by atoms with Crippen LogP contribution < -0.4 is 5.73 Å². The standard InChI is InChI=1S/C9H10N2O2S/c10-8(9(12)13)6-2-11-1-5-3-14-4-7(5)6/h1-2,8H,3-4,10H2,(H,12,13). The molecule has 0 fully saturated rings. The monoisotopic (exact) mass is 210 g/mol. The number of thioether (sulfide) groups is 1. The lowest BCUT2D eigenvalue weighted by Crippen LogP contribution is -2.22. The van der Waals surface area contributed by atoms with E-state index in [1.807, 2.05) is 0 Å². The van der Waals surface area contributed by atoms with E-state index in [2.05, 4.69) is 4.98 Å². The van der Waals surface area contributed by atoms with Crippen molar-refractivity contribution in [3.05, 3.63) is 29.1 Å². The zero-order valence-electron chi connectivity index (χ0n) is 7.43. The summed E-state index contributed by atoms with van der Waals surface area (Å²) in [5, 5.41) is 8.81. The Morgan fingerprint density at radius 2 is 2.36 bits per heavy atom. The molecule has 0 bridgehead atoms. The Morgan fingerprint density at radius 1 is 1.57 bits per heavy atom. The summed E-state index contributed by atoms with van der Waals surface area (Å²) in [6.45, 7) is 0. The number of hydrogen-bond donors (Lipinski definition) is 2. The SMILES string of the molecule is NC(C(=O)O)c1cncc2c1CSC2. The second-order valence-electron chi connectivity index (χ2n) is 3.18. The van der Waals surface area contributed by atoms with Crippen molar-refractivity contribution in [3.63, 3.8) is 0 Å². The number of aromatic nitrogens is 1. The molecule has 0 radical (unpaired) electrons. The van der Waals surface area contributed by atoms with Crippen LogP contribution in [0.25, 0.3) is 0 Å². The fourth-order valence-electron chi connectivity index (χ4n) is 1.51. The van der Waals surface area contributed by atoms with Gasteiger partial charge in [0, 0.05) is 29.5 Å². The minimum absolute atomic E-state index is 0.653. The van der Waals surface area contributed by atoms with Crippen LogP contribution in [0.15, 0.2) is 12.4 Å². The van der Waals surface area contributed by atoms with Crippen LogP contribution in [0.4, 0.5) is 0 Å². The van der Waals surface area contributed by atoms with Gasteiger partial charge in [0.15, 0.2) is 0 Å². The van der Waals surface area contributed by atoms with Crippen LogP contribution in [-0.4, -0.2) is 16.1 Å². The summed E-state index contributed by atoms with van der Waals surface area (Å²) in [5.74, 6) is 0.744. The van der Waals surface area contributed by atoms with Crippen LogP contribution in [-0.2, 0) is 16.3 Å². The van der Waals surface area contributed by atoms with E-state index in [4.69, 9.17) is 10.8 Å². The number of rotatable bonds is 2. The topological polar surface area (TPSA) is 76.2 Å². The summed E-state index contributed by atoms with van der Waals surface area (Å²) in [5.41, 5.74) is 8.39. The van der Waals surface area contributed by atoms with Crippen LogP contribution in [0.5, 0.6) is 0 Å². The highest BCUT2D eigenvalue weighted by Crippen LogP contribution is 2.33. The molecule has 14 heavy (non-hydrogen) atoms. The molecule has 0 saturated carbocycles. The van der Waals surface area contributed by atoms with E-state index in [1.54, 1.807) is 24.2 Å². The molecule has 74 valence electrons. The van der Waals surface area contributed by atoms with Gasteiger partial charge in [0.2, 0.25) is 0 Å². The maximum absolute atomic E-state index is 10.7. The van der Waals surface area contributed by atoms with Gasteiger partial charge in [-0.2, -0.15) is 11.8 Å². The quantitative estimate of drug-likeness (QED) is 0.758. The molecule has 1 aliphatic rings. The molecule has 0 spiro atoms. The van der Waals surface area contributed by atoms with Gasteiger partial charge in [0.1, 0.15) is 6.04 Å². The third-order valence-electron chi connectivity index (χ3n) is 2.29. The molecule has 5 heteroatoms. The zero-order valence-corrected chi connectivity index (χ0v) is 8.25. The molecule has 3 N–H and O–H groups in total. The highest BCUT2D eigenvalue weighted by atomic mass is 32.2. The van der Waals surface area contributed by atoms with Crippen molar-refractivity contribution in [2.24, 2.45) is 5.73 Å². The van der Waals surface area contributed by atoms with Crippen molar-refractivity contribution in [1.82, 2.24) is 4.98 Å². The molecule has 2 rings (SSSR count). The van der Waals surface area contributed by atoms with Crippen LogP contribution >= 0.6 is 11.8 Å². The van der Waals surface area contributed by atoms with Gasteiger partial charge < -0.3 is 10.8 Å². The lowest BCUT2D eigenvalue weighted by molar-refractivity contribution is -0.138. The molecule has 1 aliphatic heterocycles. The van der Waals surface area contributed by atoms with Gasteiger partial charge in [-0.25, -0.2) is 0 Å². The predicted molar refractivity (Wildman–Crippen MR) is 53.8 cm³/mol. The van der Waals surface area contributed by atoms with Gasteiger partial charge in [0.05, 0.1) is 0 Å². The average molecular weight is 210 g/mol. The Morgan fingerprint density at radius 3 is 3.07 bits per heavy atom. The lowest BCUT2D eigenvalue weighted by Gasteiger charge is -2.10. The largest absolute Gasteiger partial charge is 0.480 e. The van der Waals surface area contributed by atoms with Crippen molar-refractivity contribution >= 4 is 17.7 Å². The number of carboxylic acid groups (broad SMARTS) is 1. The van der Waals surface area contributed by atoms with Crippen molar-refractivity contribution in [3.8, 4) is 0 Å². The fourth-order valence-corrected chi connectivity index (χ4v) is 2.64. The predicted octanol–water partition coefficient (Wildman–Crippen LogP) is 0.913. The van der Waals surface area contributed by atoms with E-state index in [9.17, 15) is 4.79 Å². The van der Waals surface area contributed by atoms with E-state index >= 15 is 0 Å². The van der Waals surface area contributed by atoms with Crippen LogP contribution in [0.1, 0.15) is 22.7 Å². The third kappa shape index (κ3) is 1.49. The first kappa shape index (κ1) is 9.48. The first-order valence-electron chi connectivity index (χ1n) is 4.22. The molecular weight excluding hydrogens is 200 g/mol. The molecule has 0 amide bonds. The summed E-state index contributed by atoms with van der Waals surface area (Å²) in [6.07, 6.45) is 3.34. The van der Waals surface area contributed by atoms with E-state index in [-0.39, 0.29) is 0 Å². The molecule has 0 aliphatic carbocycles. The number of nitrogens with zero attached hydrogens (tertiary/aromatic N) is 1. The fraction of sp³-hybridized carbons (Fsp3) is 0.333. The number of hydrogen-bond acceptors (Lipinski definition) is 4. The van der Waals surface area contributed by atoms with Crippen LogP contribution in [0, 0.1) is 0 Å². The molecular formula is C9H10N2O2S. The summed E-state index contributed by atoms with van der Waals surface area (Å²) in [4.78, 5) is 14.7. The molecule has 2 heterocycles. The third-order valence-corrected chi connectivity index (χ3v) is 3.29. The maximum atomic E-state index is 10.7. The average Bonchev–Trinajstić information content (AvgIpc) is 2.63. The molecule has 1 aromatic rings. The van der Waals surface area contributed by atoms with Gasteiger partial charge in [0.25, 0.3) is 0 Å². The highest BCUT2D eigenvalue weighted by Gasteiger charge is 2.23. The first-order chi connectivity index (χ1) is 6.70. The van der Waals surface area contributed by atoms with Crippen molar-refractivity contribution in [2.75, 3.05) is 0 Å². The molecule has 0 aromatic carbocycles. The van der Waals surface area contributed by atoms with Gasteiger partial charge >= 0.3 is 5.97 Å². The van der Waals surface area contributed by atoms with Gasteiger partial charge in [-0.05, 0) is 11.1 Å². The van der Waals surface area contributed by atoms with E-state index in [1.165, 1.54) is 0 Å². The molecule has 1 atom stereocenters. The number of fused-ring (bicyclic) bond motifs is 1. The van der Waals surface area contributed by atoms with Crippen LogP contribution in [0.2, 0.25) is 0 Å². The number of carboxylic acids is 1. The Kier molecular flexibility index (Phi) is 2.43. The number of nitrogens with two attached hydrogens (primary N) is 1. The summed E-state index contributed by atoms with van der Waals surface area (Å²) in [6, 6.07) is -0.948. The molecule has 0 saturated heterocycles. The van der Waals surface area contributed by atoms with Gasteiger partial charge in [-0.15, -0.1) is 0 Å². The lowest BCUT2D eigenvalue weighted by atomic mass is 10.0. The smallest absolute Gasteiger partial charge is 0.325 e. The summed E-state index contributed by atoms with van der Waals surface area (Å²) in [7, 11) is 0. The minimum atomic E-state index is -1.00. The highest BCUT2D eigenvalue weighted by molar-refractivity contribution is 7.98.